The number of aromatic nitrogens is 1. The van der Waals surface area contributed by atoms with Crippen LogP contribution in [0, 0.1) is 5.92 Å². The molecule has 7 nitrogen and oxygen atoms in total. The number of urea groups is 1. The lowest BCUT2D eigenvalue weighted by atomic mass is 9.88. The van der Waals surface area contributed by atoms with Crippen LogP contribution in [0.15, 0.2) is 29.3 Å². The van der Waals surface area contributed by atoms with Gasteiger partial charge >= 0.3 is 6.03 Å². The first-order chi connectivity index (χ1) is 13.6. The van der Waals surface area contributed by atoms with Crippen LogP contribution in [-0.2, 0) is 13.1 Å². The van der Waals surface area contributed by atoms with E-state index in [1.54, 1.807) is 4.90 Å². The van der Waals surface area contributed by atoms with Gasteiger partial charge in [0.15, 0.2) is 0 Å². The molecule has 2 N–H and O–H groups in total. The Balaban J connectivity index is 1.26. The molecule has 2 fully saturated rings. The fourth-order valence-electron chi connectivity index (χ4n) is 4.58. The van der Waals surface area contributed by atoms with Gasteiger partial charge in [0.2, 0.25) is 0 Å². The summed E-state index contributed by atoms with van der Waals surface area (Å²) in [6, 6.07) is 8.01. The summed E-state index contributed by atoms with van der Waals surface area (Å²) in [6.45, 7) is 1.79. The zero-order chi connectivity index (χ0) is 19.3. The van der Waals surface area contributed by atoms with Crippen LogP contribution in [0.3, 0.4) is 0 Å². The Labute approximate surface area is 163 Å². The van der Waals surface area contributed by atoms with Crippen LogP contribution in [0.4, 0.5) is 4.79 Å². The number of rotatable bonds is 4. The highest BCUT2D eigenvalue weighted by molar-refractivity contribution is 6.01. The molecule has 1 aromatic heterocycles. The second kappa shape index (κ2) is 6.90. The summed E-state index contributed by atoms with van der Waals surface area (Å²) in [7, 11) is 0. The summed E-state index contributed by atoms with van der Waals surface area (Å²) in [4.78, 5) is 18.4. The van der Waals surface area contributed by atoms with Crippen molar-refractivity contribution in [3.8, 4) is 0 Å². The highest BCUT2D eigenvalue weighted by Gasteiger charge is 2.36. The van der Waals surface area contributed by atoms with Gasteiger partial charge in [0.05, 0.1) is 17.8 Å². The largest absolute Gasteiger partial charge is 0.392 e. The van der Waals surface area contributed by atoms with Crippen molar-refractivity contribution >= 4 is 23.0 Å². The Morgan fingerprint density at radius 3 is 2.61 bits per heavy atom. The van der Waals surface area contributed by atoms with E-state index in [0.29, 0.717) is 26.2 Å². The van der Waals surface area contributed by atoms with Crippen molar-refractivity contribution < 1.29 is 15.1 Å². The second-order valence-corrected chi connectivity index (χ2v) is 8.21. The van der Waals surface area contributed by atoms with Crippen molar-refractivity contribution in [3.63, 3.8) is 0 Å². The summed E-state index contributed by atoms with van der Waals surface area (Å²) in [6.07, 6.45) is 5.35. The molecule has 1 saturated carbocycles. The Hall–Kier alpha value is -2.38. The molecule has 148 valence electrons. The van der Waals surface area contributed by atoms with Crippen molar-refractivity contribution in [2.24, 2.45) is 10.9 Å². The molecule has 1 aliphatic carbocycles. The van der Waals surface area contributed by atoms with Gasteiger partial charge in [0.1, 0.15) is 6.67 Å². The second-order valence-electron chi connectivity index (χ2n) is 8.21. The smallest absolute Gasteiger partial charge is 0.343 e. The van der Waals surface area contributed by atoms with Gasteiger partial charge in [-0.2, -0.15) is 0 Å². The number of likely N-dealkylation sites (tertiary alicyclic amines) is 1. The Morgan fingerprint density at radius 1 is 1.18 bits per heavy atom. The molecule has 7 heteroatoms. The first kappa shape index (κ1) is 17.7. The Bertz CT molecular complexity index is 925. The van der Waals surface area contributed by atoms with E-state index in [0.717, 1.165) is 42.1 Å². The third-order valence-corrected chi connectivity index (χ3v) is 6.41. The van der Waals surface area contributed by atoms with Gasteiger partial charge < -0.3 is 14.6 Å². The maximum atomic E-state index is 12.3. The van der Waals surface area contributed by atoms with E-state index in [9.17, 15) is 15.1 Å². The quantitative estimate of drug-likeness (QED) is 0.630. The zero-order valence-electron chi connectivity index (χ0n) is 15.9. The fraction of sp³-hybridized carbons (Fsp3) is 0.524. The molecule has 0 radical (unpaired) electrons. The topological polar surface area (TPSA) is 81.3 Å². The van der Waals surface area contributed by atoms with E-state index in [-0.39, 0.29) is 18.0 Å². The van der Waals surface area contributed by atoms with Crippen molar-refractivity contribution in [2.75, 3.05) is 13.1 Å². The number of nitrogens with zero attached hydrogens (tertiary/aromatic N) is 4. The lowest BCUT2D eigenvalue weighted by Gasteiger charge is -2.35. The van der Waals surface area contributed by atoms with Gasteiger partial charge in [0, 0.05) is 42.2 Å². The fourth-order valence-corrected chi connectivity index (χ4v) is 4.58. The average molecular weight is 382 g/mol. The van der Waals surface area contributed by atoms with Crippen LogP contribution in [0.5, 0.6) is 0 Å². The molecule has 0 spiro atoms. The number of amides is 2. The van der Waals surface area contributed by atoms with Crippen molar-refractivity contribution in [2.45, 2.75) is 50.9 Å². The molecule has 3 heterocycles. The third-order valence-electron chi connectivity index (χ3n) is 6.41. The van der Waals surface area contributed by atoms with Gasteiger partial charge in [-0.15, -0.1) is 0 Å². The van der Waals surface area contributed by atoms with Crippen LogP contribution in [0.2, 0.25) is 0 Å². The summed E-state index contributed by atoms with van der Waals surface area (Å²) < 4.78 is 2.20. The van der Waals surface area contributed by atoms with Gasteiger partial charge in [-0.1, -0.05) is 24.3 Å². The first-order valence-corrected chi connectivity index (χ1v) is 10.2. The molecule has 28 heavy (non-hydrogen) atoms. The third kappa shape index (κ3) is 2.99. The number of hydrogen-bond donors (Lipinski definition) is 2. The van der Waals surface area contributed by atoms with Gasteiger partial charge in [0.25, 0.3) is 0 Å². The summed E-state index contributed by atoms with van der Waals surface area (Å²) >= 11 is 0. The highest BCUT2D eigenvalue weighted by atomic mass is 16.5. The number of fused-ring (bicyclic) bond motifs is 3. The number of carbonyl (C=O) groups is 1. The molecule has 1 saturated heterocycles. The van der Waals surface area contributed by atoms with E-state index in [1.807, 2.05) is 18.3 Å². The van der Waals surface area contributed by atoms with Gasteiger partial charge in [-0.05, 0) is 31.6 Å². The number of carbonyl (C=O) groups excluding carboxylic acids is 1. The predicted molar refractivity (Wildman–Crippen MR) is 106 cm³/mol. The minimum absolute atomic E-state index is 0.00257. The van der Waals surface area contributed by atoms with Crippen molar-refractivity contribution in [1.82, 2.24) is 14.5 Å². The van der Waals surface area contributed by atoms with E-state index in [1.165, 1.54) is 10.8 Å². The number of aliphatic hydroxyl groups excluding tert-OH is 1. The van der Waals surface area contributed by atoms with Crippen LogP contribution in [0.25, 0.3) is 10.8 Å². The molecule has 2 aromatic rings. The van der Waals surface area contributed by atoms with Crippen molar-refractivity contribution in [1.29, 1.82) is 0 Å². The molecular weight excluding hydrogens is 356 g/mol. The average Bonchev–Trinajstić information content (AvgIpc) is 3.40. The van der Waals surface area contributed by atoms with E-state index >= 15 is 0 Å². The molecule has 3 aliphatic rings. The summed E-state index contributed by atoms with van der Waals surface area (Å²) in [5.74, 6) is 0.157. The summed E-state index contributed by atoms with van der Waals surface area (Å²) in [5.41, 5.74) is 2.27. The summed E-state index contributed by atoms with van der Waals surface area (Å²) in [5, 5.41) is 24.2. The normalized spacial score (nSPS) is 20.6. The minimum Gasteiger partial charge on any atom is -0.392 e. The predicted octanol–water partition coefficient (Wildman–Crippen LogP) is 2.62. The maximum Gasteiger partial charge on any atom is 0.343 e. The molecule has 1 unspecified atom stereocenters. The number of benzene rings is 1. The SMILES string of the molecule is O=C(N1CCC(C(O)Cc2c3ccccc3c3n2CN=C3)CC1)N(O)C1CC1. The maximum absolute atomic E-state index is 12.3. The lowest BCUT2D eigenvalue weighted by Crippen LogP contribution is -2.47. The number of piperidine rings is 1. The number of hydroxylamine groups is 2. The molecule has 2 amide bonds. The molecule has 2 aliphatic heterocycles. The molecule has 1 aromatic carbocycles. The highest BCUT2D eigenvalue weighted by Crippen LogP contribution is 2.32. The number of aliphatic imine (C=N–C) groups is 1. The monoisotopic (exact) mass is 382 g/mol. The molecular formula is C21H26N4O3. The molecule has 1 atom stereocenters. The van der Waals surface area contributed by atoms with Crippen LogP contribution in [-0.4, -0.2) is 62.3 Å². The van der Waals surface area contributed by atoms with Crippen molar-refractivity contribution in [3.05, 3.63) is 35.7 Å². The minimum atomic E-state index is -0.450. The van der Waals surface area contributed by atoms with E-state index in [2.05, 4.69) is 21.7 Å². The lowest BCUT2D eigenvalue weighted by molar-refractivity contribution is -0.0680. The Kier molecular flexibility index (Phi) is 4.36. The van der Waals surface area contributed by atoms with Gasteiger partial charge in [-0.25, -0.2) is 9.86 Å². The van der Waals surface area contributed by atoms with Crippen LogP contribution >= 0.6 is 0 Å². The van der Waals surface area contributed by atoms with E-state index < -0.39 is 6.10 Å². The zero-order valence-corrected chi connectivity index (χ0v) is 15.9. The van der Waals surface area contributed by atoms with E-state index in [4.69, 9.17) is 0 Å². The molecule has 5 rings (SSSR count). The van der Waals surface area contributed by atoms with Crippen LogP contribution in [0.1, 0.15) is 37.1 Å². The number of aliphatic hydroxyl groups is 1. The standard InChI is InChI=1S/C21H26N4O3/c26-20(14-7-9-23(10-8-14)21(27)25(28)15-5-6-15)11-18-16-3-1-2-4-17(16)19-12-22-13-24(18)19/h1-4,12,14-15,20,26,28H,5-11,13H2. The Morgan fingerprint density at radius 2 is 1.89 bits per heavy atom. The molecule has 0 bridgehead atoms. The van der Waals surface area contributed by atoms with Crippen LogP contribution < -0.4 is 0 Å². The number of hydrogen-bond acceptors (Lipinski definition) is 4. The first-order valence-electron chi connectivity index (χ1n) is 10.2. The van der Waals surface area contributed by atoms with Gasteiger partial charge in [-0.3, -0.25) is 10.2 Å².